The third-order valence-corrected chi connectivity index (χ3v) is 4.10. The number of ether oxygens (including phenoxy) is 1. The second kappa shape index (κ2) is 7.32. The van der Waals surface area contributed by atoms with Gasteiger partial charge in [0, 0.05) is 15.1 Å². The average Bonchev–Trinajstić information content (AvgIpc) is 2.40. The van der Waals surface area contributed by atoms with Gasteiger partial charge in [-0.05, 0) is 36.7 Å². The van der Waals surface area contributed by atoms with E-state index in [2.05, 4.69) is 15.9 Å². The van der Waals surface area contributed by atoms with Crippen molar-refractivity contribution >= 4 is 39.1 Å². The van der Waals surface area contributed by atoms with Gasteiger partial charge in [-0.1, -0.05) is 57.3 Å². The summed E-state index contributed by atoms with van der Waals surface area (Å²) in [5, 5.41) is 1.10. The molecule has 2 N–H and O–H groups in total. The fourth-order valence-corrected chi connectivity index (χ4v) is 2.87. The van der Waals surface area contributed by atoms with Crippen molar-refractivity contribution < 1.29 is 4.74 Å². The molecule has 0 aliphatic carbocycles. The highest BCUT2D eigenvalue weighted by molar-refractivity contribution is 9.10. The summed E-state index contributed by atoms with van der Waals surface area (Å²) in [5.74, 6) is 0.650. The van der Waals surface area contributed by atoms with Crippen LogP contribution in [-0.2, 0) is 13.0 Å². The van der Waals surface area contributed by atoms with Crippen molar-refractivity contribution in [3.63, 3.8) is 0 Å². The molecule has 0 radical (unpaired) electrons. The maximum atomic E-state index is 6.21. The number of hydrogen-bond donors (Lipinski definition) is 1. The highest BCUT2D eigenvalue weighted by Crippen LogP contribution is 2.33. The fourth-order valence-electron chi connectivity index (χ4n) is 1.88. The Kier molecular flexibility index (Phi) is 5.73. The molecule has 0 aliphatic heterocycles. The van der Waals surface area contributed by atoms with Gasteiger partial charge in [-0.25, -0.2) is 0 Å². The van der Waals surface area contributed by atoms with Gasteiger partial charge in [0.25, 0.3) is 0 Å². The molecular weight excluding hydrogens is 361 g/mol. The highest BCUT2D eigenvalue weighted by atomic mass is 79.9. The first kappa shape index (κ1) is 15.6. The molecule has 2 nitrogen and oxygen atoms in total. The smallest absolute Gasteiger partial charge is 0.141 e. The quantitative estimate of drug-likeness (QED) is 0.812. The van der Waals surface area contributed by atoms with Crippen LogP contribution in [0.4, 0.5) is 0 Å². The van der Waals surface area contributed by atoms with E-state index in [1.54, 1.807) is 6.07 Å². The van der Waals surface area contributed by atoms with Crippen LogP contribution in [0, 0.1) is 0 Å². The van der Waals surface area contributed by atoms with E-state index in [0.29, 0.717) is 35.4 Å². The lowest BCUT2D eigenvalue weighted by Crippen LogP contribution is -2.06. The van der Waals surface area contributed by atoms with Crippen molar-refractivity contribution in [2.45, 2.75) is 13.0 Å². The second-order valence-corrected chi connectivity index (χ2v) is 5.99. The zero-order valence-corrected chi connectivity index (χ0v) is 13.8. The van der Waals surface area contributed by atoms with E-state index in [1.165, 1.54) is 0 Å². The van der Waals surface area contributed by atoms with Crippen LogP contribution < -0.4 is 10.5 Å². The minimum atomic E-state index is 0.431. The molecule has 0 heterocycles. The first-order chi connectivity index (χ1) is 9.61. The predicted octanol–water partition coefficient (Wildman–Crippen LogP) is 4.84. The van der Waals surface area contributed by atoms with Gasteiger partial charge in [0.2, 0.25) is 0 Å². The standard InChI is InChI=1S/C15H14BrCl2NO/c16-13-4-2-1-3-11(13)9-20-15-10(5-6-19)7-12(17)8-14(15)18/h1-4,7-8H,5-6,9,19H2. The lowest BCUT2D eigenvalue weighted by molar-refractivity contribution is 0.302. The van der Waals surface area contributed by atoms with E-state index in [4.69, 9.17) is 33.7 Å². The summed E-state index contributed by atoms with van der Waals surface area (Å²) in [6, 6.07) is 11.4. The Bertz CT molecular complexity index is 604. The van der Waals surface area contributed by atoms with Crippen LogP contribution in [-0.4, -0.2) is 6.54 Å². The molecular formula is C15H14BrCl2NO. The highest BCUT2D eigenvalue weighted by Gasteiger charge is 2.11. The molecule has 0 fully saturated rings. The van der Waals surface area contributed by atoms with Gasteiger partial charge in [-0.2, -0.15) is 0 Å². The molecule has 0 unspecified atom stereocenters. The van der Waals surface area contributed by atoms with Crippen molar-refractivity contribution in [3.8, 4) is 5.75 Å². The summed E-state index contributed by atoms with van der Waals surface area (Å²) < 4.78 is 6.87. The Labute approximate surface area is 137 Å². The molecule has 2 aromatic carbocycles. The second-order valence-electron chi connectivity index (χ2n) is 4.29. The molecule has 2 aromatic rings. The molecule has 0 saturated carbocycles. The van der Waals surface area contributed by atoms with Gasteiger partial charge in [-0.15, -0.1) is 0 Å². The van der Waals surface area contributed by atoms with Gasteiger partial charge in [0.1, 0.15) is 12.4 Å². The lowest BCUT2D eigenvalue weighted by atomic mass is 10.1. The molecule has 0 bridgehead atoms. The van der Waals surface area contributed by atoms with Crippen LogP contribution in [0.2, 0.25) is 10.0 Å². The van der Waals surface area contributed by atoms with E-state index in [0.717, 1.165) is 15.6 Å². The van der Waals surface area contributed by atoms with Gasteiger partial charge >= 0.3 is 0 Å². The molecule has 106 valence electrons. The molecule has 2 rings (SSSR count). The molecule has 0 spiro atoms. The van der Waals surface area contributed by atoms with Crippen molar-refractivity contribution in [3.05, 3.63) is 62.0 Å². The normalized spacial score (nSPS) is 10.6. The molecule has 20 heavy (non-hydrogen) atoms. The zero-order valence-electron chi connectivity index (χ0n) is 10.7. The largest absolute Gasteiger partial charge is 0.487 e. The third kappa shape index (κ3) is 3.89. The van der Waals surface area contributed by atoms with E-state index < -0.39 is 0 Å². The van der Waals surface area contributed by atoms with E-state index >= 15 is 0 Å². The summed E-state index contributed by atoms with van der Waals surface area (Å²) in [6.45, 7) is 0.947. The molecule has 0 atom stereocenters. The summed E-state index contributed by atoms with van der Waals surface area (Å²) in [7, 11) is 0. The minimum absolute atomic E-state index is 0.431. The monoisotopic (exact) mass is 373 g/mol. The van der Waals surface area contributed by atoms with E-state index in [-0.39, 0.29) is 0 Å². The maximum Gasteiger partial charge on any atom is 0.141 e. The van der Waals surface area contributed by atoms with Crippen molar-refractivity contribution in [2.24, 2.45) is 5.73 Å². The fraction of sp³-hybridized carbons (Fsp3) is 0.200. The first-order valence-corrected chi connectivity index (χ1v) is 7.71. The predicted molar refractivity (Wildman–Crippen MR) is 87.7 cm³/mol. The summed E-state index contributed by atoms with van der Waals surface area (Å²) in [5.41, 5.74) is 7.59. The Morgan fingerprint density at radius 3 is 2.55 bits per heavy atom. The third-order valence-electron chi connectivity index (χ3n) is 2.83. The van der Waals surface area contributed by atoms with Crippen LogP contribution in [0.15, 0.2) is 40.9 Å². The Morgan fingerprint density at radius 2 is 1.85 bits per heavy atom. The van der Waals surface area contributed by atoms with Crippen LogP contribution in [0.1, 0.15) is 11.1 Å². The van der Waals surface area contributed by atoms with Crippen LogP contribution in [0.3, 0.4) is 0 Å². The van der Waals surface area contributed by atoms with E-state index in [9.17, 15) is 0 Å². The van der Waals surface area contributed by atoms with E-state index in [1.807, 2.05) is 30.3 Å². The molecule has 0 saturated heterocycles. The average molecular weight is 375 g/mol. The Balaban J connectivity index is 2.22. The molecule has 5 heteroatoms. The number of rotatable bonds is 5. The SMILES string of the molecule is NCCc1cc(Cl)cc(Cl)c1OCc1ccccc1Br. The van der Waals surface area contributed by atoms with Crippen molar-refractivity contribution in [1.29, 1.82) is 0 Å². The summed E-state index contributed by atoms with van der Waals surface area (Å²) in [4.78, 5) is 0. The van der Waals surface area contributed by atoms with Crippen molar-refractivity contribution in [1.82, 2.24) is 0 Å². The molecule has 0 aromatic heterocycles. The first-order valence-electron chi connectivity index (χ1n) is 6.16. The number of nitrogens with two attached hydrogens (primary N) is 1. The topological polar surface area (TPSA) is 35.2 Å². The van der Waals surface area contributed by atoms with Crippen molar-refractivity contribution in [2.75, 3.05) is 6.54 Å². The number of hydrogen-bond acceptors (Lipinski definition) is 2. The minimum Gasteiger partial charge on any atom is -0.487 e. The summed E-state index contributed by atoms with van der Waals surface area (Å²) in [6.07, 6.45) is 0.672. The van der Waals surface area contributed by atoms with Crippen LogP contribution >= 0.6 is 39.1 Å². The Hall–Kier alpha value is -0.740. The van der Waals surface area contributed by atoms with Crippen LogP contribution in [0.5, 0.6) is 5.75 Å². The van der Waals surface area contributed by atoms with Crippen LogP contribution in [0.25, 0.3) is 0 Å². The lowest BCUT2D eigenvalue weighted by Gasteiger charge is -2.14. The van der Waals surface area contributed by atoms with Gasteiger partial charge < -0.3 is 10.5 Å². The van der Waals surface area contributed by atoms with Gasteiger partial charge in [0.05, 0.1) is 5.02 Å². The van der Waals surface area contributed by atoms with Gasteiger partial charge in [0.15, 0.2) is 0 Å². The number of benzene rings is 2. The maximum absolute atomic E-state index is 6.21. The Morgan fingerprint density at radius 1 is 1.10 bits per heavy atom. The van der Waals surface area contributed by atoms with Gasteiger partial charge in [-0.3, -0.25) is 0 Å². The molecule has 0 aliphatic rings. The number of halogens is 3. The summed E-state index contributed by atoms with van der Waals surface area (Å²) >= 11 is 15.7. The molecule has 0 amide bonds. The zero-order chi connectivity index (χ0) is 14.5.